The van der Waals surface area contributed by atoms with E-state index < -0.39 is 0 Å². The van der Waals surface area contributed by atoms with Gasteiger partial charge in [0, 0.05) is 12.1 Å². The van der Waals surface area contributed by atoms with Crippen molar-refractivity contribution in [2.45, 2.75) is 19.5 Å². The number of halogens is 1. The van der Waals surface area contributed by atoms with Crippen molar-refractivity contribution in [2.75, 3.05) is 0 Å². The normalized spacial score (nSPS) is 10.8. The molecule has 5 heteroatoms. The van der Waals surface area contributed by atoms with Gasteiger partial charge in [-0.15, -0.1) is 10.2 Å². The first kappa shape index (κ1) is 14.4. The average Bonchev–Trinajstić information content (AvgIpc) is 2.98. The molecule has 0 aliphatic heterocycles. The van der Waals surface area contributed by atoms with Crippen molar-refractivity contribution in [3.63, 3.8) is 0 Å². The number of aromatic nitrogens is 2. The first-order chi connectivity index (χ1) is 10.8. The van der Waals surface area contributed by atoms with Gasteiger partial charge in [0.2, 0.25) is 11.8 Å². The second-order valence-electron chi connectivity index (χ2n) is 4.95. The summed E-state index contributed by atoms with van der Waals surface area (Å²) in [6.45, 7) is 0.833. The van der Waals surface area contributed by atoms with Crippen LogP contribution in [0.5, 0.6) is 0 Å². The zero-order valence-electron chi connectivity index (χ0n) is 12.0. The highest BCUT2D eigenvalue weighted by atomic mass is 19.1. The van der Waals surface area contributed by atoms with Gasteiger partial charge in [-0.25, -0.2) is 4.39 Å². The van der Waals surface area contributed by atoms with Gasteiger partial charge in [-0.05, 0) is 11.6 Å². The SMILES string of the molecule is Fc1ccccc1CNCc1nnc(Cc2ccccc2)o1. The first-order valence-corrected chi connectivity index (χ1v) is 7.10. The molecule has 2 aromatic carbocycles. The first-order valence-electron chi connectivity index (χ1n) is 7.10. The lowest BCUT2D eigenvalue weighted by molar-refractivity contribution is 0.437. The Morgan fingerprint density at radius 3 is 2.41 bits per heavy atom. The Kier molecular flexibility index (Phi) is 4.56. The molecule has 0 bridgehead atoms. The van der Waals surface area contributed by atoms with Crippen molar-refractivity contribution in [3.8, 4) is 0 Å². The highest BCUT2D eigenvalue weighted by Gasteiger charge is 2.07. The Labute approximate surface area is 128 Å². The van der Waals surface area contributed by atoms with E-state index in [1.807, 2.05) is 36.4 Å². The summed E-state index contributed by atoms with van der Waals surface area (Å²) in [6.07, 6.45) is 0.612. The van der Waals surface area contributed by atoms with Gasteiger partial charge < -0.3 is 9.73 Å². The summed E-state index contributed by atoms with van der Waals surface area (Å²) in [5.41, 5.74) is 1.74. The summed E-state index contributed by atoms with van der Waals surface area (Å²) in [5, 5.41) is 11.1. The van der Waals surface area contributed by atoms with E-state index in [9.17, 15) is 4.39 Å². The predicted octanol–water partition coefficient (Wildman–Crippen LogP) is 3.09. The lowest BCUT2D eigenvalue weighted by Gasteiger charge is -2.03. The Morgan fingerprint density at radius 1 is 0.864 bits per heavy atom. The Balaban J connectivity index is 1.53. The molecule has 0 aliphatic rings. The van der Waals surface area contributed by atoms with Gasteiger partial charge in [-0.3, -0.25) is 0 Å². The van der Waals surface area contributed by atoms with Crippen LogP contribution in [0.15, 0.2) is 59.0 Å². The van der Waals surface area contributed by atoms with Gasteiger partial charge in [0.05, 0.1) is 13.0 Å². The number of nitrogens with zero attached hydrogens (tertiary/aromatic N) is 2. The third kappa shape index (κ3) is 3.77. The molecular formula is C17H16FN3O. The lowest BCUT2D eigenvalue weighted by atomic mass is 10.2. The van der Waals surface area contributed by atoms with E-state index in [0.29, 0.717) is 36.9 Å². The topological polar surface area (TPSA) is 51.0 Å². The van der Waals surface area contributed by atoms with Crippen molar-refractivity contribution in [1.82, 2.24) is 15.5 Å². The largest absolute Gasteiger partial charge is 0.424 e. The average molecular weight is 297 g/mol. The summed E-state index contributed by atoms with van der Waals surface area (Å²) in [5.74, 6) is 0.862. The van der Waals surface area contributed by atoms with E-state index in [0.717, 1.165) is 5.56 Å². The van der Waals surface area contributed by atoms with Crippen LogP contribution in [0.1, 0.15) is 22.9 Å². The van der Waals surface area contributed by atoms with Crippen LogP contribution in [-0.4, -0.2) is 10.2 Å². The third-order valence-electron chi connectivity index (χ3n) is 3.26. The minimum absolute atomic E-state index is 0.217. The van der Waals surface area contributed by atoms with Gasteiger partial charge in [0.25, 0.3) is 0 Å². The molecule has 112 valence electrons. The van der Waals surface area contributed by atoms with Crippen molar-refractivity contribution in [1.29, 1.82) is 0 Å². The number of benzene rings is 2. The maximum atomic E-state index is 13.5. The molecule has 1 heterocycles. The molecule has 0 saturated heterocycles. The van der Waals surface area contributed by atoms with Crippen molar-refractivity contribution >= 4 is 0 Å². The van der Waals surface area contributed by atoms with Crippen molar-refractivity contribution < 1.29 is 8.81 Å². The molecule has 1 N–H and O–H groups in total. The molecule has 0 fully saturated rings. The van der Waals surface area contributed by atoms with E-state index in [1.54, 1.807) is 12.1 Å². The minimum atomic E-state index is -0.217. The Hall–Kier alpha value is -2.53. The maximum absolute atomic E-state index is 13.5. The molecule has 0 radical (unpaired) electrons. The molecule has 3 aromatic rings. The fraction of sp³-hybridized carbons (Fsp3) is 0.176. The third-order valence-corrected chi connectivity index (χ3v) is 3.26. The molecule has 0 atom stereocenters. The molecule has 4 nitrogen and oxygen atoms in total. The van der Waals surface area contributed by atoms with E-state index in [4.69, 9.17) is 4.42 Å². The summed E-state index contributed by atoms with van der Waals surface area (Å²) in [4.78, 5) is 0. The van der Waals surface area contributed by atoms with Gasteiger partial charge >= 0.3 is 0 Å². The fourth-order valence-corrected chi connectivity index (χ4v) is 2.15. The number of rotatable bonds is 6. The highest BCUT2D eigenvalue weighted by molar-refractivity contribution is 5.18. The van der Waals surface area contributed by atoms with Crippen LogP contribution in [-0.2, 0) is 19.5 Å². The van der Waals surface area contributed by atoms with E-state index >= 15 is 0 Å². The quantitative estimate of drug-likeness (QED) is 0.759. The molecule has 3 rings (SSSR count). The molecule has 0 amide bonds. The predicted molar refractivity (Wildman–Crippen MR) is 80.5 cm³/mol. The standard InChI is InChI=1S/C17H16FN3O/c18-15-9-5-4-8-14(15)11-19-12-17-21-20-16(22-17)10-13-6-2-1-3-7-13/h1-9,19H,10-12H2. The molecule has 0 spiro atoms. The monoisotopic (exact) mass is 297 g/mol. The Bertz CT molecular complexity index is 728. The van der Waals surface area contributed by atoms with Crippen LogP contribution in [0.25, 0.3) is 0 Å². The summed E-state index contributed by atoms with van der Waals surface area (Å²) in [7, 11) is 0. The molecule has 22 heavy (non-hydrogen) atoms. The van der Waals surface area contributed by atoms with Crippen LogP contribution in [0, 0.1) is 5.82 Å². The summed E-state index contributed by atoms with van der Waals surface area (Å²) < 4.78 is 19.0. The van der Waals surface area contributed by atoms with E-state index in [2.05, 4.69) is 15.5 Å². The maximum Gasteiger partial charge on any atom is 0.230 e. The molecule has 0 unspecified atom stereocenters. The minimum Gasteiger partial charge on any atom is -0.424 e. The fourth-order valence-electron chi connectivity index (χ4n) is 2.15. The van der Waals surface area contributed by atoms with Crippen LogP contribution >= 0.6 is 0 Å². The van der Waals surface area contributed by atoms with Gasteiger partial charge in [-0.2, -0.15) is 0 Å². The molecule has 0 aliphatic carbocycles. The highest BCUT2D eigenvalue weighted by Crippen LogP contribution is 2.09. The Morgan fingerprint density at radius 2 is 1.59 bits per heavy atom. The van der Waals surface area contributed by atoms with Crippen LogP contribution in [0.4, 0.5) is 4.39 Å². The second-order valence-corrected chi connectivity index (χ2v) is 4.95. The lowest BCUT2D eigenvalue weighted by Crippen LogP contribution is -2.13. The van der Waals surface area contributed by atoms with Crippen molar-refractivity contribution in [3.05, 3.63) is 83.3 Å². The second kappa shape index (κ2) is 6.95. The molecular weight excluding hydrogens is 281 g/mol. The van der Waals surface area contributed by atoms with Gasteiger partial charge in [0.15, 0.2) is 0 Å². The summed E-state index contributed by atoms with van der Waals surface area (Å²) in [6, 6.07) is 16.6. The smallest absolute Gasteiger partial charge is 0.230 e. The number of hydrogen-bond donors (Lipinski definition) is 1. The van der Waals surface area contributed by atoms with Crippen LogP contribution in [0.3, 0.4) is 0 Å². The van der Waals surface area contributed by atoms with E-state index in [1.165, 1.54) is 6.07 Å². The van der Waals surface area contributed by atoms with Crippen molar-refractivity contribution in [2.24, 2.45) is 0 Å². The zero-order chi connectivity index (χ0) is 15.2. The zero-order valence-corrected chi connectivity index (χ0v) is 12.0. The van der Waals surface area contributed by atoms with Crippen LogP contribution < -0.4 is 5.32 Å². The number of nitrogens with one attached hydrogen (secondary N) is 1. The van der Waals surface area contributed by atoms with Crippen LogP contribution in [0.2, 0.25) is 0 Å². The van der Waals surface area contributed by atoms with Gasteiger partial charge in [0.1, 0.15) is 5.82 Å². The number of hydrogen-bond acceptors (Lipinski definition) is 4. The van der Waals surface area contributed by atoms with Gasteiger partial charge in [-0.1, -0.05) is 48.5 Å². The molecule has 0 saturated carbocycles. The van der Waals surface area contributed by atoms with E-state index in [-0.39, 0.29) is 5.82 Å². The molecule has 1 aromatic heterocycles. The summed E-state index contributed by atoms with van der Waals surface area (Å²) >= 11 is 0.